The lowest BCUT2D eigenvalue weighted by atomic mass is 10.2. The van der Waals surface area contributed by atoms with Gasteiger partial charge in [-0.2, -0.15) is 4.98 Å². The van der Waals surface area contributed by atoms with Gasteiger partial charge in [-0.05, 0) is 19.4 Å². The van der Waals surface area contributed by atoms with Crippen LogP contribution >= 0.6 is 0 Å². The third-order valence-electron chi connectivity index (χ3n) is 2.92. The first-order valence-electron chi connectivity index (χ1n) is 6.23. The first-order chi connectivity index (χ1) is 8.61. The van der Waals surface area contributed by atoms with Gasteiger partial charge in [-0.25, -0.2) is 4.79 Å². The van der Waals surface area contributed by atoms with Crippen LogP contribution in [0.5, 0.6) is 0 Å². The molecule has 1 aliphatic heterocycles. The molecule has 1 aliphatic rings. The molecule has 3 atom stereocenters. The van der Waals surface area contributed by atoms with E-state index in [1.54, 1.807) is 12.3 Å². The normalized spacial score (nSPS) is 27.6. The Morgan fingerprint density at radius 3 is 3.11 bits per heavy atom. The maximum atomic E-state index is 11.8. The van der Waals surface area contributed by atoms with Gasteiger partial charge in [-0.3, -0.25) is 4.57 Å². The Labute approximate surface area is 106 Å². The van der Waals surface area contributed by atoms with E-state index in [0.717, 1.165) is 12.8 Å². The molecule has 1 fully saturated rings. The van der Waals surface area contributed by atoms with E-state index in [0.29, 0.717) is 6.61 Å². The van der Waals surface area contributed by atoms with Gasteiger partial charge in [-0.1, -0.05) is 6.92 Å². The predicted octanol–water partition coefficient (Wildman–Crippen LogP) is 0.928. The van der Waals surface area contributed by atoms with Gasteiger partial charge in [0.2, 0.25) is 0 Å². The topological polar surface area (TPSA) is 79.4 Å². The number of ether oxygens (including phenoxy) is 2. The number of nitrogens with two attached hydrogens (primary N) is 1. The fourth-order valence-corrected chi connectivity index (χ4v) is 2.11. The average Bonchev–Trinajstić information content (AvgIpc) is 2.67. The van der Waals surface area contributed by atoms with Crippen LogP contribution in [0.2, 0.25) is 0 Å². The highest BCUT2D eigenvalue weighted by atomic mass is 16.6. The van der Waals surface area contributed by atoms with Crippen molar-refractivity contribution in [3.63, 3.8) is 0 Å². The average molecular weight is 253 g/mol. The monoisotopic (exact) mass is 253 g/mol. The van der Waals surface area contributed by atoms with Crippen molar-refractivity contribution in [2.75, 3.05) is 12.3 Å². The van der Waals surface area contributed by atoms with Crippen LogP contribution in [0, 0.1) is 0 Å². The molecule has 0 spiro atoms. The van der Waals surface area contributed by atoms with Crippen LogP contribution in [0.4, 0.5) is 5.82 Å². The number of hydrogen-bond donors (Lipinski definition) is 1. The molecule has 18 heavy (non-hydrogen) atoms. The molecule has 1 aromatic heterocycles. The standard InChI is InChI=1S/C12H19N3O3/c1-3-6-17-9-7-8(2)18-11(9)15-5-4-10(13)14-12(15)16/h4-5,8-9,11H,3,6-7H2,1-2H3,(H2,13,14,16). The van der Waals surface area contributed by atoms with Crippen LogP contribution in [0.15, 0.2) is 17.1 Å². The second-order valence-electron chi connectivity index (χ2n) is 4.52. The lowest BCUT2D eigenvalue weighted by Crippen LogP contribution is -2.33. The Hall–Kier alpha value is -1.40. The van der Waals surface area contributed by atoms with Crippen molar-refractivity contribution in [3.8, 4) is 0 Å². The molecule has 0 bridgehead atoms. The zero-order chi connectivity index (χ0) is 13.1. The number of hydrogen-bond acceptors (Lipinski definition) is 5. The molecule has 2 N–H and O–H groups in total. The van der Waals surface area contributed by atoms with Crippen molar-refractivity contribution in [1.82, 2.24) is 9.55 Å². The molecule has 0 amide bonds. The Morgan fingerprint density at radius 1 is 1.67 bits per heavy atom. The summed E-state index contributed by atoms with van der Waals surface area (Å²) in [6.45, 7) is 4.68. The third kappa shape index (κ3) is 2.70. The van der Waals surface area contributed by atoms with Crippen LogP contribution in [0.1, 0.15) is 32.9 Å². The Balaban J connectivity index is 2.21. The van der Waals surface area contributed by atoms with Crippen molar-refractivity contribution >= 4 is 5.82 Å². The summed E-state index contributed by atoms with van der Waals surface area (Å²) in [5, 5.41) is 0. The van der Waals surface area contributed by atoms with E-state index in [-0.39, 0.29) is 18.0 Å². The van der Waals surface area contributed by atoms with E-state index in [1.807, 2.05) is 13.8 Å². The molecule has 100 valence electrons. The van der Waals surface area contributed by atoms with Crippen molar-refractivity contribution < 1.29 is 9.47 Å². The van der Waals surface area contributed by atoms with E-state index >= 15 is 0 Å². The SMILES string of the molecule is CCCOC1CC(C)OC1n1ccc(N)nc1=O. The van der Waals surface area contributed by atoms with Gasteiger partial charge in [0, 0.05) is 19.2 Å². The first-order valence-corrected chi connectivity index (χ1v) is 6.23. The van der Waals surface area contributed by atoms with Crippen LogP contribution in [0.3, 0.4) is 0 Å². The summed E-state index contributed by atoms with van der Waals surface area (Å²) in [7, 11) is 0. The zero-order valence-electron chi connectivity index (χ0n) is 10.7. The second-order valence-corrected chi connectivity index (χ2v) is 4.52. The van der Waals surface area contributed by atoms with Gasteiger partial charge in [-0.15, -0.1) is 0 Å². The Morgan fingerprint density at radius 2 is 2.44 bits per heavy atom. The summed E-state index contributed by atoms with van der Waals surface area (Å²) in [4.78, 5) is 15.5. The van der Waals surface area contributed by atoms with Crippen molar-refractivity contribution in [3.05, 3.63) is 22.7 Å². The first kappa shape index (κ1) is 13.0. The molecule has 0 saturated carbocycles. The summed E-state index contributed by atoms with van der Waals surface area (Å²) >= 11 is 0. The minimum Gasteiger partial charge on any atom is -0.383 e. The van der Waals surface area contributed by atoms with Crippen molar-refractivity contribution in [2.45, 2.75) is 45.1 Å². The fourth-order valence-electron chi connectivity index (χ4n) is 2.11. The van der Waals surface area contributed by atoms with E-state index in [9.17, 15) is 4.79 Å². The molecule has 6 nitrogen and oxygen atoms in total. The van der Waals surface area contributed by atoms with Gasteiger partial charge in [0.1, 0.15) is 11.9 Å². The minimum atomic E-state index is -0.410. The second kappa shape index (κ2) is 5.49. The smallest absolute Gasteiger partial charge is 0.351 e. The van der Waals surface area contributed by atoms with E-state index in [2.05, 4.69) is 4.98 Å². The van der Waals surface area contributed by atoms with Crippen LogP contribution in [-0.4, -0.2) is 28.4 Å². The van der Waals surface area contributed by atoms with Crippen molar-refractivity contribution in [2.24, 2.45) is 0 Å². The molecular weight excluding hydrogens is 234 g/mol. The molecule has 2 heterocycles. The van der Waals surface area contributed by atoms with Crippen LogP contribution < -0.4 is 11.4 Å². The van der Waals surface area contributed by atoms with Crippen LogP contribution in [-0.2, 0) is 9.47 Å². The van der Waals surface area contributed by atoms with E-state index < -0.39 is 11.9 Å². The highest BCUT2D eigenvalue weighted by Gasteiger charge is 2.35. The van der Waals surface area contributed by atoms with Gasteiger partial charge >= 0.3 is 5.69 Å². The van der Waals surface area contributed by atoms with Gasteiger partial charge < -0.3 is 15.2 Å². The van der Waals surface area contributed by atoms with Crippen molar-refractivity contribution in [1.29, 1.82) is 0 Å². The van der Waals surface area contributed by atoms with E-state index in [4.69, 9.17) is 15.2 Å². The summed E-state index contributed by atoms with van der Waals surface area (Å²) < 4.78 is 12.9. The molecule has 6 heteroatoms. The Kier molecular flexibility index (Phi) is 3.98. The lowest BCUT2D eigenvalue weighted by molar-refractivity contribution is -0.0618. The summed E-state index contributed by atoms with van der Waals surface area (Å²) in [6, 6.07) is 1.59. The summed E-state index contributed by atoms with van der Waals surface area (Å²) in [5.74, 6) is 0.216. The quantitative estimate of drug-likeness (QED) is 0.863. The maximum Gasteiger partial charge on any atom is 0.351 e. The third-order valence-corrected chi connectivity index (χ3v) is 2.92. The summed E-state index contributed by atoms with van der Waals surface area (Å²) in [5.41, 5.74) is 5.07. The Bertz CT molecular complexity index is 460. The molecule has 2 rings (SSSR count). The zero-order valence-corrected chi connectivity index (χ0v) is 10.7. The number of nitrogen functional groups attached to an aromatic ring is 1. The molecule has 3 unspecified atom stereocenters. The van der Waals surface area contributed by atoms with Crippen LogP contribution in [0.25, 0.3) is 0 Å². The maximum absolute atomic E-state index is 11.8. The van der Waals surface area contributed by atoms with Gasteiger partial charge in [0.05, 0.1) is 6.10 Å². The molecule has 1 saturated heterocycles. The predicted molar refractivity (Wildman–Crippen MR) is 67.1 cm³/mol. The highest BCUT2D eigenvalue weighted by Crippen LogP contribution is 2.30. The van der Waals surface area contributed by atoms with E-state index in [1.165, 1.54) is 4.57 Å². The molecule has 0 aromatic carbocycles. The van der Waals surface area contributed by atoms with Gasteiger partial charge in [0.15, 0.2) is 6.23 Å². The number of nitrogens with zero attached hydrogens (tertiary/aromatic N) is 2. The molecule has 0 aliphatic carbocycles. The summed E-state index contributed by atoms with van der Waals surface area (Å²) in [6.07, 6.45) is 2.88. The lowest BCUT2D eigenvalue weighted by Gasteiger charge is -2.20. The molecular formula is C12H19N3O3. The van der Waals surface area contributed by atoms with Gasteiger partial charge in [0.25, 0.3) is 0 Å². The largest absolute Gasteiger partial charge is 0.383 e. The molecule has 1 aromatic rings. The number of rotatable bonds is 4. The fraction of sp³-hybridized carbons (Fsp3) is 0.667. The minimum absolute atomic E-state index is 0.0707. The number of anilines is 1. The highest BCUT2D eigenvalue weighted by molar-refractivity contribution is 5.23. The molecule has 0 radical (unpaired) electrons. The number of aromatic nitrogens is 2.